The molecule has 4 aromatic rings. The lowest BCUT2D eigenvalue weighted by molar-refractivity contribution is 0.0616. The first kappa shape index (κ1) is 21.4. The van der Waals surface area contributed by atoms with E-state index < -0.39 is 22.3 Å². The van der Waals surface area contributed by atoms with Crippen molar-refractivity contribution in [3.63, 3.8) is 0 Å². The van der Waals surface area contributed by atoms with Crippen molar-refractivity contribution in [2.45, 2.75) is 32.9 Å². The smallest absolute Gasteiger partial charge is 0.333 e. The summed E-state index contributed by atoms with van der Waals surface area (Å²) in [6, 6.07) is 10.2. The van der Waals surface area contributed by atoms with Gasteiger partial charge in [0.2, 0.25) is 0 Å². The number of hydrogen-bond acceptors (Lipinski definition) is 6. The Morgan fingerprint density at radius 3 is 2.81 bits per heavy atom. The summed E-state index contributed by atoms with van der Waals surface area (Å²) in [4.78, 5) is 12.3. The van der Waals surface area contributed by atoms with Crippen molar-refractivity contribution in [2.24, 2.45) is 11.1 Å². The van der Waals surface area contributed by atoms with Crippen molar-refractivity contribution in [1.29, 1.82) is 0 Å². The van der Waals surface area contributed by atoms with Crippen molar-refractivity contribution in [3.05, 3.63) is 48.4 Å². The minimum Gasteiger partial charge on any atom is -0.391 e. The molecule has 2 atom stereocenters. The highest BCUT2D eigenvalue weighted by molar-refractivity contribution is 7.84. The maximum Gasteiger partial charge on any atom is 0.333 e. The molecule has 1 aromatic carbocycles. The number of nitrogens with two attached hydrogens (primary N) is 1. The SMILES string of the molecule is CCC(COS(N)(=O)=O)C(O)Cn1ccc2c(-c3cc4ccc(C)cc4[nH]3)ncnc21. The molecule has 31 heavy (non-hydrogen) atoms. The molecule has 0 bridgehead atoms. The predicted molar refractivity (Wildman–Crippen MR) is 118 cm³/mol. The molecule has 0 saturated heterocycles. The summed E-state index contributed by atoms with van der Waals surface area (Å²) in [6.07, 6.45) is 3.03. The summed E-state index contributed by atoms with van der Waals surface area (Å²) in [5, 5.41) is 17.5. The van der Waals surface area contributed by atoms with E-state index in [1.807, 2.05) is 30.7 Å². The van der Waals surface area contributed by atoms with Gasteiger partial charge in [0, 0.05) is 28.4 Å². The maximum absolute atomic E-state index is 11.1. The van der Waals surface area contributed by atoms with Crippen LogP contribution in [0.15, 0.2) is 42.9 Å². The number of aryl methyl sites for hydroxylation is 1. The van der Waals surface area contributed by atoms with Crippen LogP contribution in [0.2, 0.25) is 0 Å². The minimum absolute atomic E-state index is 0.176. The predicted octanol–water partition coefficient (Wildman–Crippen LogP) is 2.50. The Labute approximate surface area is 180 Å². The molecule has 0 amide bonds. The molecule has 0 aliphatic heterocycles. The fourth-order valence-corrected chi connectivity index (χ4v) is 4.13. The second kappa shape index (κ2) is 8.39. The van der Waals surface area contributed by atoms with Crippen molar-refractivity contribution in [2.75, 3.05) is 6.61 Å². The fraction of sp³-hybridized carbons (Fsp3) is 0.333. The number of H-pyrrole nitrogens is 1. The zero-order chi connectivity index (χ0) is 22.2. The number of fused-ring (bicyclic) bond motifs is 2. The van der Waals surface area contributed by atoms with Gasteiger partial charge in [0.25, 0.3) is 0 Å². The van der Waals surface area contributed by atoms with Gasteiger partial charge in [-0.2, -0.15) is 8.42 Å². The number of aliphatic hydroxyl groups excluding tert-OH is 1. The quantitative estimate of drug-likeness (QED) is 0.383. The minimum atomic E-state index is -4.05. The van der Waals surface area contributed by atoms with E-state index in [-0.39, 0.29) is 13.2 Å². The van der Waals surface area contributed by atoms with Crippen LogP contribution < -0.4 is 5.14 Å². The lowest BCUT2D eigenvalue weighted by Crippen LogP contribution is -2.31. The maximum atomic E-state index is 11.1. The Kier molecular flexibility index (Phi) is 5.80. The molecule has 2 unspecified atom stereocenters. The van der Waals surface area contributed by atoms with Gasteiger partial charge in [0.05, 0.1) is 30.6 Å². The van der Waals surface area contributed by atoms with Crippen molar-refractivity contribution in [3.8, 4) is 11.4 Å². The third-order valence-corrected chi connectivity index (χ3v) is 5.95. The molecule has 4 rings (SSSR count). The van der Waals surface area contributed by atoms with Gasteiger partial charge >= 0.3 is 10.3 Å². The Morgan fingerprint density at radius 2 is 2.06 bits per heavy atom. The van der Waals surface area contributed by atoms with Crippen LogP contribution >= 0.6 is 0 Å². The number of nitrogens with zero attached hydrogens (tertiary/aromatic N) is 3. The van der Waals surface area contributed by atoms with Crippen LogP contribution in [-0.4, -0.2) is 45.8 Å². The van der Waals surface area contributed by atoms with Gasteiger partial charge in [-0.05, 0) is 37.1 Å². The molecule has 4 N–H and O–H groups in total. The van der Waals surface area contributed by atoms with Crippen LogP contribution in [0.3, 0.4) is 0 Å². The molecule has 3 heterocycles. The lowest BCUT2D eigenvalue weighted by Gasteiger charge is -2.21. The molecular formula is C21H25N5O4S. The molecule has 0 fully saturated rings. The highest BCUT2D eigenvalue weighted by atomic mass is 32.2. The van der Waals surface area contributed by atoms with E-state index in [0.717, 1.165) is 27.7 Å². The summed E-state index contributed by atoms with van der Waals surface area (Å²) in [5.74, 6) is -0.394. The van der Waals surface area contributed by atoms with E-state index in [1.54, 1.807) is 0 Å². The molecule has 10 heteroatoms. The van der Waals surface area contributed by atoms with Gasteiger partial charge < -0.3 is 14.7 Å². The molecule has 0 radical (unpaired) electrons. The standard InChI is InChI=1S/C21H25N5O4S/c1-3-14(11-30-31(22,28)29)19(27)10-26-7-6-16-20(23-12-24-21(16)26)18-9-15-5-4-13(2)8-17(15)25-18/h4-9,12,14,19,25,27H,3,10-11H2,1-2H3,(H2,22,28,29). The average Bonchev–Trinajstić information content (AvgIpc) is 3.31. The van der Waals surface area contributed by atoms with Gasteiger partial charge in [0.1, 0.15) is 12.0 Å². The third kappa shape index (κ3) is 4.62. The number of hydrogen-bond donors (Lipinski definition) is 3. The molecule has 164 valence electrons. The normalized spacial score (nSPS) is 14.3. The molecular weight excluding hydrogens is 418 g/mol. The van der Waals surface area contributed by atoms with Crippen molar-refractivity contribution in [1.82, 2.24) is 19.5 Å². The largest absolute Gasteiger partial charge is 0.391 e. The summed E-state index contributed by atoms with van der Waals surface area (Å²) < 4.78 is 28.6. The number of aromatic nitrogens is 4. The second-order valence-electron chi connectivity index (χ2n) is 7.71. The van der Waals surface area contributed by atoms with Crippen LogP contribution in [0.5, 0.6) is 0 Å². The van der Waals surface area contributed by atoms with Gasteiger partial charge in [-0.25, -0.2) is 15.1 Å². The zero-order valence-electron chi connectivity index (χ0n) is 17.3. The Bertz CT molecular complexity index is 1330. The molecule has 0 spiro atoms. The van der Waals surface area contributed by atoms with Gasteiger partial charge in [-0.15, -0.1) is 0 Å². The number of rotatable bonds is 8. The highest BCUT2D eigenvalue weighted by Gasteiger charge is 2.22. The Balaban J connectivity index is 1.62. The van der Waals surface area contributed by atoms with E-state index in [4.69, 9.17) is 5.14 Å². The van der Waals surface area contributed by atoms with E-state index in [2.05, 4.69) is 43.4 Å². The number of aliphatic hydroxyl groups is 1. The van der Waals surface area contributed by atoms with Gasteiger partial charge in [0.15, 0.2) is 0 Å². The van der Waals surface area contributed by atoms with E-state index in [9.17, 15) is 13.5 Å². The molecule has 3 aromatic heterocycles. The zero-order valence-corrected chi connectivity index (χ0v) is 18.1. The first-order chi connectivity index (χ1) is 14.7. The summed E-state index contributed by atoms with van der Waals surface area (Å²) in [6.45, 7) is 3.96. The monoisotopic (exact) mass is 443 g/mol. The average molecular weight is 444 g/mol. The summed E-state index contributed by atoms with van der Waals surface area (Å²) in [5.41, 5.74) is 4.56. The molecule has 9 nitrogen and oxygen atoms in total. The molecule has 0 aliphatic carbocycles. The summed E-state index contributed by atoms with van der Waals surface area (Å²) in [7, 11) is -4.05. The first-order valence-corrected chi connectivity index (χ1v) is 11.5. The third-order valence-electron chi connectivity index (χ3n) is 5.49. The number of aromatic amines is 1. The van der Waals surface area contributed by atoms with E-state index in [1.165, 1.54) is 11.9 Å². The van der Waals surface area contributed by atoms with Crippen molar-refractivity contribution >= 4 is 32.2 Å². The van der Waals surface area contributed by atoms with Crippen molar-refractivity contribution < 1.29 is 17.7 Å². The van der Waals surface area contributed by atoms with E-state index >= 15 is 0 Å². The topological polar surface area (TPSA) is 136 Å². The summed E-state index contributed by atoms with van der Waals surface area (Å²) >= 11 is 0. The van der Waals surface area contributed by atoms with Gasteiger partial charge in [-0.1, -0.05) is 19.1 Å². The van der Waals surface area contributed by atoms with Crippen LogP contribution in [0.1, 0.15) is 18.9 Å². The number of nitrogens with one attached hydrogen (secondary N) is 1. The van der Waals surface area contributed by atoms with Crippen LogP contribution in [0, 0.1) is 12.8 Å². The molecule has 0 saturated carbocycles. The fourth-order valence-electron chi connectivity index (χ4n) is 3.77. The van der Waals surface area contributed by atoms with Crippen LogP contribution in [0.25, 0.3) is 33.3 Å². The van der Waals surface area contributed by atoms with Crippen LogP contribution in [-0.2, 0) is 21.0 Å². The lowest BCUT2D eigenvalue weighted by atomic mass is 10.0. The van der Waals surface area contributed by atoms with Gasteiger partial charge in [-0.3, -0.25) is 4.18 Å². The molecule has 0 aliphatic rings. The Morgan fingerprint density at radius 1 is 1.26 bits per heavy atom. The second-order valence-corrected chi connectivity index (χ2v) is 8.94. The Hall–Kier alpha value is -2.79. The van der Waals surface area contributed by atoms with E-state index in [0.29, 0.717) is 12.1 Å². The van der Waals surface area contributed by atoms with Crippen LogP contribution in [0.4, 0.5) is 0 Å². The first-order valence-electron chi connectivity index (χ1n) is 10.00. The number of benzene rings is 1. The highest BCUT2D eigenvalue weighted by Crippen LogP contribution is 2.29.